The molecule has 1 aromatic rings. The Morgan fingerprint density at radius 2 is 2.00 bits per heavy atom. The van der Waals surface area contributed by atoms with Gasteiger partial charge in [-0.05, 0) is 44.4 Å². The van der Waals surface area contributed by atoms with E-state index in [1.54, 1.807) is 0 Å². The maximum Gasteiger partial charge on any atom is 0.161 e. The second-order valence-corrected chi connectivity index (χ2v) is 4.96. The smallest absolute Gasteiger partial charge is 0.161 e. The van der Waals surface area contributed by atoms with E-state index in [9.17, 15) is 5.11 Å². The molecule has 4 heteroatoms. The maximum atomic E-state index is 10.3. The second kappa shape index (κ2) is 7.50. The average molecular weight is 280 g/mol. The van der Waals surface area contributed by atoms with Crippen LogP contribution in [0.2, 0.25) is 0 Å². The Morgan fingerprint density at radius 3 is 2.65 bits per heavy atom. The van der Waals surface area contributed by atoms with Gasteiger partial charge in [-0.15, -0.1) is 0 Å². The number of rotatable bonds is 7. The van der Waals surface area contributed by atoms with Crippen molar-refractivity contribution in [1.82, 2.24) is 0 Å². The molecule has 0 aliphatic carbocycles. The lowest BCUT2D eigenvalue weighted by Gasteiger charge is -2.18. The highest BCUT2D eigenvalue weighted by Gasteiger charge is 2.21. The van der Waals surface area contributed by atoms with Gasteiger partial charge in [0.15, 0.2) is 11.5 Å². The van der Waals surface area contributed by atoms with E-state index in [1.165, 1.54) is 0 Å². The summed E-state index contributed by atoms with van der Waals surface area (Å²) in [6, 6.07) is 5.63. The third-order valence-corrected chi connectivity index (χ3v) is 3.46. The van der Waals surface area contributed by atoms with Crippen LogP contribution in [0.15, 0.2) is 18.2 Å². The lowest BCUT2D eigenvalue weighted by atomic mass is 10.0. The Labute approximate surface area is 120 Å². The zero-order valence-electron chi connectivity index (χ0n) is 12.3. The molecular formula is C16H24O4. The highest BCUT2D eigenvalue weighted by Crippen LogP contribution is 2.33. The minimum absolute atomic E-state index is 0.173. The topological polar surface area (TPSA) is 47.9 Å². The van der Waals surface area contributed by atoms with Gasteiger partial charge in [-0.3, -0.25) is 0 Å². The van der Waals surface area contributed by atoms with Gasteiger partial charge in [0.05, 0.1) is 25.4 Å². The Bertz CT molecular complexity index is 413. The van der Waals surface area contributed by atoms with E-state index < -0.39 is 6.10 Å². The summed E-state index contributed by atoms with van der Waals surface area (Å²) in [6.45, 7) is 5.86. The van der Waals surface area contributed by atoms with Gasteiger partial charge in [-0.1, -0.05) is 6.07 Å². The molecule has 1 fully saturated rings. The molecule has 2 rings (SSSR count). The molecular weight excluding hydrogens is 256 g/mol. The summed E-state index contributed by atoms with van der Waals surface area (Å²) < 4.78 is 16.7. The molecule has 1 aliphatic rings. The largest absolute Gasteiger partial charge is 0.490 e. The molecule has 4 nitrogen and oxygen atoms in total. The summed E-state index contributed by atoms with van der Waals surface area (Å²) in [5.74, 6) is 1.42. The fraction of sp³-hybridized carbons (Fsp3) is 0.625. The second-order valence-electron chi connectivity index (χ2n) is 4.96. The summed E-state index contributed by atoms with van der Waals surface area (Å²) >= 11 is 0. The first-order chi connectivity index (χ1) is 9.74. The van der Waals surface area contributed by atoms with Gasteiger partial charge >= 0.3 is 0 Å². The molecule has 0 saturated carbocycles. The van der Waals surface area contributed by atoms with Crippen LogP contribution in [-0.2, 0) is 4.74 Å². The molecule has 2 unspecified atom stereocenters. The van der Waals surface area contributed by atoms with Gasteiger partial charge in [0, 0.05) is 13.0 Å². The van der Waals surface area contributed by atoms with Crippen molar-refractivity contribution in [3.05, 3.63) is 23.8 Å². The molecule has 1 aliphatic heterocycles. The molecule has 0 spiro atoms. The van der Waals surface area contributed by atoms with E-state index in [0.29, 0.717) is 25.4 Å². The van der Waals surface area contributed by atoms with E-state index in [0.717, 1.165) is 30.8 Å². The number of hydrogen-bond donors (Lipinski definition) is 1. The van der Waals surface area contributed by atoms with Gasteiger partial charge < -0.3 is 19.3 Å². The lowest BCUT2D eigenvalue weighted by Crippen LogP contribution is -2.11. The SMILES string of the molecule is CCOc1ccc(C(O)CC2CCCO2)cc1OCC. The molecule has 20 heavy (non-hydrogen) atoms. The summed E-state index contributed by atoms with van der Waals surface area (Å²) in [7, 11) is 0. The van der Waals surface area contributed by atoms with E-state index >= 15 is 0 Å². The van der Waals surface area contributed by atoms with Crippen LogP contribution in [0.3, 0.4) is 0 Å². The van der Waals surface area contributed by atoms with Gasteiger partial charge in [0.25, 0.3) is 0 Å². The molecule has 1 N–H and O–H groups in total. The molecule has 0 aromatic heterocycles. The summed E-state index contributed by atoms with van der Waals surface area (Å²) in [5, 5.41) is 10.3. The van der Waals surface area contributed by atoms with Crippen LogP contribution in [0.4, 0.5) is 0 Å². The number of aliphatic hydroxyl groups is 1. The zero-order chi connectivity index (χ0) is 14.4. The molecule has 0 bridgehead atoms. The van der Waals surface area contributed by atoms with Crippen LogP contribution in [0, 0.1) is 0 Å². The van der Waals surface area contributed by atoms with Crippen molar-refractivity contribution >= 4 is 0 Å². The quantitative estimate of drug-likeness (QED) is 0.834. The summed E-state index contributed by atoms with van der Waals surface area (Å²) in [6.07, 6.45) is 2.41. The van der Waals surface area contributed by atoms with Gasteiger partial charge in [-0.25, -0.2) is 0 Å². The van der Waals surface area contributed by atoms with Crippen LogP contribution in [0.25, 0.3) is 0 Å². The van der Waals surface area contributed by atoms with Crippen molar-refractivity contribution < 1.29 is 19.3 Å². The van der Waals surface area contributed by atoms with Crippen molar-refractivity contribution in [1.29, 1.82) is 0 Å². The molecule has 0 radical (unpaired) electrons. The first-order valence-electron chi connectivity index (χ1n) is 7.43. The first kappa shape index (κ1) is 15.1. The van der Waals surface area contributed by atoms with Crippen LogP contribution in [0.5, 0.6) is 11.5 Å². The fourth-order valence-corrected chi connectivity index (χ4v) is 2.49. The Hall–Kier alpha value is -1.26. The van der Waals surface area contributed by atoms with Crippen molar-refractivity contribution in [3.8, 4) is 11.5 Å². The van der Waals surface area contributed by atoms with E-state index in [-0.39, 0.29) is 6.10 Å². The normalized spacial score (nSPS) is 19.9. The zero-order valence-corrected chi connectivity index (χ0v) is 12.3. The number of benzene rings is 1. The average Bonchev–Trinajstić information content (AvgIpc) is 2.94. The molecule has 1 aromatic carbocycles. The number of ether oxygens (including phenoxy) is 3. The fourth-order valence-electron chi connectivity index (χ4n) is 2.49. The minimum atomic E-state index is -0.520. The van der Waals surface area contributed by atoms with Crippen LogP contribution < -0.4 is 9.47 Å². The van der Waals surface area contributed by atoms with Crippen molar-refractivity contribution in [3.63, 3.8) is 0 Å². The predicted octanol–water partition coefficient (Wildman–Crippen LogP) is 3.09. The standard InChI is InChI=1S/C16H24O4/c1-3-18-15-8-7-12(10-16(15)19-4-2)14(17)11-13-6-5-9-20-13/h7-8,10,13-14,17H,3-6,9,11H2,1-2H3. The number of aliphatic hydroxyl groups excluding tert-OH is 1. The van der Waals surface area contributed by atoms with E-state index in [2.05, 4.69) is 0 Å². The highest BCUT2D eigenvalue weighted by molar-refractivity contribution is 5.43. The van der Waals surface area contributed by atoms with E-state index in [1.807, 2.05) is 32.0 Å². The van der Waals surface area contributed by atoms with Gasteiger partial charge in [0.1, 0.15) is 0 Å². The molecule has 1 saturated heterocycles. The van der Waals surface area contributed by atoms with E-state index in [4.69, 9.17) is 14.2 Å². The van der Waals surface area contributed by atoms with Crippen molar-refractivity contribution in [2.24, 2.45) is 0 Å². The summed E-state index contributed by atoms with van der Waals surface area (Å²) in [5.41, 5.74) is 0.854. The highest BCUT2D eigenvalue weighted by atomic mass is 16.5. The van der Waals surface area contributed by atoms with Gasteiger partial charge in [-0.2, -0.15) is 0 Å². The van der Waals surface area contributed by atoms with Crippen molar-refractivity contribution in [2.45, 2.75) is 45.3 Å². The minimum Gasteiger partial charge on any atom is -0.490 e. The molecule has 0 amide bonds. The lowest BCUT2D eigenvalue weighted by molar-refractivity contribution is 0.0534. The van der Waals surface area contributed by atoms with Crippen LogP contribution in [0.1, 0.15) is 44.8 Å². The Balaban J connectivity index is 2.07. The molecule has 2 atom stereocenters. The maximum absolute atomic E-state index is 10.3. The van der Waals surface area contributed by atoms with Crippen LogP contribution >= 0.6 is 0 Å². The Kier molecular flexibility index (Phi) is 5.68. The van der Waals surface area contributed by atoms with Gasteiger partial charge in [0.2, 0.25) is 0 Å². The van der Waals surface area contributed by atoms with Crippen molar-refractivity contribution in [2.75, 3.05) is 19.8 Å². The predicted molar refractivity (Wildman–Crippen MR) is 77.3 cm³/mol. The number of hydrogen-bond acceptors (Lipinski definition) is 4. The third kappa shape index (κ3) is 3.87. The molecule has 1 heterocycles. The first-order valence-corrected chi connectivity index (χ1v) is 7.43. The summed E-state index contributed by atoms with van der Waals surface area (Å²) in [4.78, 5) is 0. The monoisotopic (exact) mass is 280 g/mol. The third-order valence-electron chi connectivity index (χ3n) is 3.46. The molecule has 112 valence electrons. The Morgan fingerprint density at radius 1 is 1.25 bits per heavy atom. The van der Waals surface area contributed by atoms with Crippen LogP contribution in [-0.4, -0.2) is 31.0 Å².